The molecule has 0 atom stereocenters. The quantitative estimate of drug-likeness (QED) is 0.834. The lowest BCUT2D eigenvalue weighted by molar-refractivity contribution is 0.0703. The zero-order valence-corrected chi connectivity index (χ0v) is 14.4. The fraction of sp³-hybridized carbons (Fsp3) is 0.250. The second kappa shape index (κ2) is 6.73. The van der Waals surface area contributed by atoms with E-state index >= 15 is 0 Å². The molecule has 1 saturated heterocycles. The Bertz CT molecular complexity index is 878. The van der Waals surface area contributed by atoms with Gasteiger partial charge in [-0.05, 0) is 29.6 Å². The number of hydrogen-bond acceptors (Lipinski definition) is 5. The molecule has 0 spiro atoms. The van der Waals surface area contributed by atoms with Gasteiger partial charge < -0.3 is 4.90 Å². The lowest BCUT2D eigenvalue weighted by Gasteiger charge is -2.33. The maximum Gasteiger partial charge on any atom is 0.264 e. The third kappa shape index (κ3) is 3.19. The first-order valence-electron chi connectivity index (χ1n) is 7.35. The van der Waals surface area contributed by atoms with Crippen LogP contribution in [0.3, 0.4) is 0 Å². The van der Waals surface area contributed by atoms with Gasteiger partial charge >= 0.3 is 0 Å². The highest BCUT2D eigenvalue weighted by atomic mass is 32.2. The summed E-state index contributed by atoms with van der Waals surface area (Å²) in [5.74, 6) is -0.0616. The average Bonchev–Trinajstić information content (AvgIpc) is 3.16. The van der Waals surface area contributed by atoms with E-state index in [0.717, 1.165) is 0 Å². The van der Waals surface area contributed by atoms with Crippen LogP contribution in [0.2, 0.25) is 0 Å². The van der Waals surface area contributed by atoms with Crippen molar-refractivity contribution in [2.45, 2.75) is 4.90 Å². The van der Waals surface area contributed by atoms with Crippen LogP contribution in [0.15, 0.2) is 46.7 Å². The van der Waals surface area contributed by atoms with Crippen LogP contribution >= 0.6 is 11.3 Å². The molecule has 24 heavy (non-hydrogen) atoms. The highest BCUT2D eigenvalue weighted by Crippen LogP contribution is 2.20. The lowest BCUT2D eigenvalue weighted by atomic mass is 10.2. The minimum atomic E-state index is -3.65. The highest BCUT2D eigenvalue weighted by Gasteiger charge is 2.30. The van der Waals surface area contributed by atoms with Crippen molar-refractivity contribution in [1.29, 1.82) is 5.26 Å². The van der Waals surface area contributed by atoms with Gasteiger partial charge in [-0.3, -0.25) is 4.79 Å². The largest absolute Gasteiger partial charge is 0.335 e. The predicted octanol–water partition coefficient (Wildman–Crippen LogP) is 1.77. The average molecular weight is 361 g/mol. The molecule has 3 rings (SSSR count). The maximum atomic E-state index is 12.7. The van der Waals surface area contributed by atoms with Gasteiger partial charge in [0.25, 0.3) is 5.91 Å². The Kier molecular flexibility index (Phi) is 4.66. The van der Waals surface area contributed by atoms with Gasteiger partial charge in [-0.25, -0.2) is 8.42 Å². The SMILES string of the molecule is N#Cc1cccc(S(=O)(=O)N2CCN(C(=O)c3cccs3)CC2)c1. The van der Waals surface area contributed by atoms with Gasteiger partial charge in [0.2, 0.25) is 10.0 Å². The van der Waals surface area contributed by atoms with E-state index in [2.05, 4.69) is 0 Å². The molecule has 2 aromatic rings. The molecule has 0 N–H and O–H groups in total. The number of rotatable bonds is 3. The predicted molar refractivity (Wildman–Crippen MR) is 90.1 cm³/mol. The van der Waals surface area contributed by atoms with Crippen LogP contribution in [0.4, 0.5) is 0 Å². The Morgan fingerprint density at radius 1 is 1.12 bits per heavy atom. The van der Waals surface area contributed by atoms with Crippen molar-refractivity contribution in [3.05, 3.63) is 52.2 Å². The second-order valence-corrected chi connectivity index (χ2v) is 8.20. The number of nitrogens with zero attached hydrogens (tertiary/aromatic N) is 3. The summed E-state index contributed by atoms with van der Waals surface area (Å²) in [5, 5.41) is 10.8. The first kappa shape index (κ1) is 16.6. The monoisotopic (exact) mass is 361 g/mol. The summed E-state index contributed by atoms with van der Waals surface area (Å²) in [6.45, 7) is 1.20. The molecule has 1 amide bonds. The number of benzene rings is 1. The number of carbonyl (C=O) groups excluding carboxylic acids is 1. The highest BCUT2D eigenvalue weighted by molar-refractivity contribution is 7.89. The van der Waals surface area contributed by atoms with Crippen LogP contribution < -0.4 is 0 Å². The fourth-order valence-electron chi connectivity index (χ4n) is 2.56. The molecule has 1 aliphatic heterocycles. The van der Waals surface area contributed by atoms with Gasteiger partial charge in [-0.15, -0.1) is 11.3 Å². The number of nitriles is 1. The van der Waals surface area contributed by atoms with Gasteiger partial charge in [0, 0.05) is 26.2 Å². The third-order valence-electron chi connectivity index (χ3n) is 3.86. The molecule has 1 aromatic heterocycles. The number of hydrogen-bond donors (Lipinski definition) is 0. The van der Waals surface area contributed by atoms with Gasteiger partial charge in [-0.1, -0.05) is 12.1 Å². The van der Waals surface area contributed by atoms with Crippen molar-refractivity contribution < 1.29 is 13.2 Å². The van der Waals surface area contributed by atoms with Crippen LogP contribution in [0, 0.1) is 11.3 Å². The number of piperazine rings is 1. The molecule has 1 fully saturated rings. The van der Waals surface area contributed by atoms with Crippen LogP contribution in [-0.2, 0) is 10.0 Å². The standard InChI is InChI=1S/C16H15N3O3S2/c17-12-13-3-1-4-14(11-13)24(21,22)19-8-6-18(7-9-19)16(20)15-5-2-10-23-15/h1-5,10-11H,6-9H2. The van der Waals surface area contributed by atoms with E-state index in [9.17, 15) is 13.2 Å². The molecule has 8 heteroatoms. The van der Waals surface area contributed by atoms with E-state index in [0.29, 0.717) is 23.5 Å². The maximum absolute atomic E-state index is 12.7. The molecular weight excluding hydrogens is 346 g/mol. The Labute approximate surface area is 144 Å². The fourth-order valence-corrected chi connectivity index (χ4v) is 4.72. The molecule has 6 nitrogen and oxygen atoms in total. The Morgan fingerprint density at radius 3 is 2.50 bits per heavy atom. The van der Waals surface area contributed by atoms with E-state index < -0.39 is 10.0 Å². The van der Waals surface area contributed by atoms with Crippen molar-refractivity contribution in [2.75, 3.05) is 26.2 Å². The molecule has 0 saturated carbocycles. The van der Waals surface area contributed by atoms with Crippen molar-refractivity contribution >= 4 is 27.3 Å². The topological polar surface area (TPSA) is 81.5 Å². The van der Waals surface area contributed by atoms with Crippen molar-refractivity contribution in [3.63, 3.8) is 0 Å². The van der Waals surface area contributed by atoms with Gasteiger partial charge in [-0.2, -0.15) is 9.57 Å². The first-order chi connectivity index (χ1) is 11.5. The molecule has 1 aromatic carbocycles. The third-order valence-corrected chi connectivity index (χ3v) is 6.61. The first-order valence-corrected chi connectivity index (χ1v) is 9.67. The van der Waals surface area contributed by atoms with Crippen LogP contribution in [0.5, 0.6) is 0 Å². The van der Waals surface area contributed by atoms with E-state index in [1.165, 1.54) is 27.8 Å². The molecule has 0 aliphatic carbocycles. The Morgan fingerprint density at radius 2 is 1.88 bits per heavy atom. The number of sulfonamides is 1. The summed E-state index contributed by atoms with van der Waals surface area (Å²) >= 11 is 1.38. The van der Waals surface area contributed by atoms with E-state index in [-0.39, 0.29) is 23.9 Å². The smallest absolute Gasteiger partial charge is 0.264 e. The van der Waals surface area contributed by atoms with Gasteiger partial charge in [0.05, 0.1) is 21.4 Å². The molecule has 0 bridgehead atoms. The van der Waals surface area contributed by atoms with Crippen molar-refractivity contribution in [3.8, 4) is 6.07 Å². The minimum Gasteiger partial charge on any atom is -0.335 e. The second-order valence-electron chi connectivity index (χ2n) is 5.31. The summed E-state index contributed by atoms with van der Waals surface area (Å²) in [4.78, 5) is 14.7. The van der Waals surface area contributed by atoms with Crippen LogP contribution in [-0.4, -0.2) is 49.7 Å². The zero-order valence-electron chi connectivity index (χ0n) is 12.8. The van der Waals surface area contributed by atoms with Crippen LogP contribution in [0.1, 0.15) is 15.2 Å². The summed E-state index contributed by atoms with van der Waals surface area (Å²) < 4.78 is 26.7. The van der Waals surface area contributed by atoms with Gasteiger partial charge in [0.15, 0.2) is 0 Å². The normalized spacial score (nSPS) is 15.9. The molecular formula is C16H15N3O3S2. The summed E-state index contributed by atoms with van der Waals surface area (Å²) in [6.07, 6.45) is 0. The number of thiophene rings is 1. The summed E-state index contributed by atoms with van der Waals surface area (Å²) in [5.41, 5.74) is 0.308. The van der Waals surface area contributed by atoms with Crippen LogP contribution in [0.25, 0.3) is 0 Å². The van der Waals surface area contributed by atoms with Crippen molar-refractivity contribution in [1.82, 2.24) is 9.21 Å². The molecule has 1 aliphatic rings. The lowest BCUT2D eigenvalue weighted by Crippen LogP contribution is -2.50. The number of amides is 1. The van der Waals surface area contributed by atoms with E-state index in [1.54, 1.807) is 23.1 Å². The molecule has 2 heterocycles. The minimum absolute atomic E-state index is 0.0616. The summed E-state index contributed by atoms with van der Waals surface area (Å²) in [7, 11) is -3.65. The van der Waals surface area contributed by atoms with Gasteiger partial charge in [0.1, 0.15) is 0 Å². The number of carbonyl (C=O) groups is 1. The summed E-state index contributed by atoms with van der Waals surface area (Å²) in [6, 6.07) is 11.5. The molecule has 0 radical (unpaired) electrons. The van der Waals surface area contributed by atoms with Crippen molar-refractivity contribution in [2.24, 2.45) is 0 Å². The Hall–Kier alpha value is -2.21. The molecule has 0 unspecified atom stereocenters. The Balaban J connectivity index is 1.72. The van der Waals surface area contributed by atoms with E-state index in [1.807, 2.05) is 17.5 Å². The zero-order chi connectivity index (χ0) is 17.2. The molecule has 124 valence electrons. The van der Waals surface area contributed by atoms with E-state index in [4.69, 9.17) is 5.26 Å².